The Morgan fingerprint density at radius 2 is 2.10 bits per heavy atom. The molecule has 0 aromatic rings. The van der Waals surface area contributed by atoms with Gasteiger partial charge in [-0.2, -0.15) is 0 Å². The smallest absolute Gasteiger partial charge is 0.317 e. The van der Waals surface area contributed by atoms with E-state index in [-0.39, 0.29) is 11.9 Å². The fourth-order valence-corrected chi connectivity index (χ4v) is 2.62. The average Bonchev–Trinajstić information content (AvgIpc) is 2.68. The third kappa shape index (κ3) is 5.80. The van der Waals surface area contributed by atoms with Crippen LogP contribution >= 0.6 is 0 Å². The van der Waals surface area contributed by atoms with E-state index in [2.05, 4.69) is 12.2 Å². The minimum absolute atomic E-state index is 0.00438. The van der Waals surface area contributed by atoms with E-state index >= 15 is 0 Å². The number of nitrogens with one attached hydrogen (secondary N) is 1. The summed E-state index contributed by atoms with van der Waals surface area (Å²) >= 11 is 0. The molecule has 116 valence electrons. The van der Waals surface area contributed by atoms with Crippen LogP contribution in [-0.2, 0) is 4.79 Å². The fraction of sp³-hybridized carbons (Fsp3) is 0.867. The molecule has 0 aromatic carbocycles. The van der Waals surface area contributed by atoms with Gasteiger partial charge in [-0.15, -0.1) is 0 Å². The summed E-state index contributed by atoms with van der Waals surface area (Å²) in [7, 11) is 0. The van der Waals surface area contributed by atoms with Crippen LogP contribution < -0.4 is 5.32 Å². The van der Waals surface area contributed by atoms with Crippen LogP contribution in [-0.4, -0.2) is 41.6 Å². The molecule has 2 amide bonds. The van der Waals surface area contributed by atoms with Crippen LogP contribution in [0.5, 0.6) is 0 Å². The van der Waals surface area contributed by atoms with Crippen molar-refractivity contribution in [3.05, 3.63) is 0 Å². The molecule has 1 aliphatic heterocycles. The van der Waals surface area contributed by atoms with Crippen LogP contribution in [0.1, 0.15) is 52.4 Å². The first-order chi connectivity index (χ1) is 9.54. The van der Waals surface area contributed by atoms with Gasteiger partial charge in [-0.05, 0) is 38.0 Å². The largest absolute Gasteiger partial charge is 0.481 e. The molecular formula is C15H28N2O3. The number of carbonyl (C=O) groups is 2. The van der Waals surface area contributed by atoms with Gasteiger partial charge in [0.1, 0.15) is 0 Å². The van der Waals surface area contributed by atoms with Gasteiger partial charge in [0.2, 0.25) is 0 Å². The molecule has 1 fully saturated rings. The number of likely N-dealkylation sites (tertiary alicyclic amines) is 1. The highest BCUT2D eigenvalue weighted by molar-refractivity contribution is 5.74. The first kappa shape index (κ1) is 16.8. The third-order valence-electron chi connectivity index (χ3n) is 4.22. The van der Waals surface area contributed by atoms with Gasteiger partial charge in [-0.1, -0.05) is 20.3 Å². The highest BCUT2D eigenvalue weighted by Gasteiger charge is 2.19. The monoisotopic (exact) mass is 284 g/mol. The van der Waals surface area contributed by atoms with Crippen molar-refractivity contribution in [1.82, 2.24) is 10.2 Å². The summed E-state index contributed by atoms with van der Waals surface area (Å²) in [5.74, 6) is -0.353. The second-order valence-electron chi connectivity index (χ2n) is 5.81. The molecule has 2 N–H and O–H groups in total. The van der Waals surface area contributed by atoms with Crippen molar-refractivity contribution in [2.75, 3.05) is 19.6 Å². The number of urea groups is 1. The van der Waals surface area contributed by atoms with Crippen molar-refractivity contribution in [2.45, 2.75) is 52.4 Å². The highest BCUT2D eigenvalue weighted by Crippen LogP contribution is 2.20. The van der Waals surface area contributed by atoms with Crippen LogP contribution in [0, 0.1) is 11.8 Å². The number of hydrogen-bond donors (Lipinski definition) is 2. The van der Waals surface area contributed by atoms with Gasteiger partial charge in [-0.25, -0.2) is 4.79 Å². The molecule has 5 nitrogen and oxygen atoms in total. The molecule has 0 saturated carbocycles. The SMILES string of the molecule is CCC1CCCN(C(=O)NCCCC(C)C(=O)O)CC1. The lowest BCUT2D eigenvalue weighted by atomic mass is 9.98. The number of carboxylic acid groups (broad SMARTS) is 1. The Labute approximate surface area is 121 Å². The molecule has 1 rings (SSSR count). The first-order valence-corrected chi connectivity index (χ1v) is 7.80. The maximum atomic E-state index is 12.0. The zero-order valence-corrected chi connectivity index (χ0v) is 12.7. The van der Waals surface area contributed by atoms with Gasteiger partial charge in [0.05, 0.1) is 5.92 Å². The molecule has 5 heteroatoms. The van der Waals surface area contributed by atoms with Crippen molar-refractivity contribution in [1.29, 1.82) is 0 Å². The lowest BCUT2D eigenvalue weighted by Crippen LogP contribution is -2.41. The van der Waals surface area contributed by atoms with E-state index in [1.165, 1.54) is 12.8 Å². The summed E-state index contributed by atoms with van der Waals surface area (Å²) in [5.41, 5.74) is 0. The average molecular weight is 284 g/mol. The van der Waals surface area contributed by atoms with E-state index in [0.29, 0.717) is 19.4 Å². The fourth-order valence-electron chi connectivity index (χ4n) is 2.62. The summed E-state index contributed by atoms with van der Waals surface area (Å²) in [6.07, 6.45) is 5.92. The number of rotatable bonds is 6. The summed E-state index contributed by atoms with van der Waals surface area (Å²) in [5, 5.41) is 11.7. The van der Waals surface area contributed by atoms with Crippen LogP contribution in [0.15, 0.2) is 0 Å². The predicted molar refractivity (Wildman–Crippen MR) is 78.6 cm³/mol. The molecule has 0 radical (unpaired) electrons. The summed E-state index contributed by atoms with van der Waals surface area (Å²) in [4.78, 5) is 24.6. The van der Waals surface area contributed by atoms with Gasteiger partial charge in [0.25, 0.3) is 0 Å². The zero-order valence-electron chi connectivity index (χ0n) is 12.7. The van der Waals surface area contributed by atoms with Gasteiger partial charge >= 0.3 is 12.0 Å². The van der Waals surface area contributed by atoms with Gasteiger partial charge in [-0.3, -0.25) is 4.79 Å². The van der Waals surface area contributed by atoms with E-state index in [1.807, 2.05) is 4.90 Å². The Kier molecular flexibility index (Phi) is 7.41. The van der Waals surface area contributed by atoms with Crippen molar-refractivity contribution in [2.24, 2.45) is 11.8 Å². The summed E-state index contributed by atoms with van der Waals surface area (Å²) < 4.78 is 0. The van der Waals surface area contributed by atoms with E-state index in [0.717, 1.165) is 31.8 Å². The van der Waals surface area contributed by atoms with Crippen molar-refractivity contribution < 1.29 is 14.7 Å². The molecule has 20 heavy (non-hydrogen) atoms. The van der Waals surface area contributed by atoms with Gasteiger partial charge < -0.3 is 15.3 Å². The van der Waals surface area contributed by atoms with Crippen molar-refractivity contribution in [3.63, 3.8) is 0 Å². The van der Waals surface area contributed by atoms with E-state index in [1.54, 1.807) is 6.92 Å². The third-order valence-corrected chi connectivity index (χ3v) is 4.22. The normalized spacial score (nSPS) is 21.1. The molecule has 2 unspecified atom stereocenters. The highest BCUT2D eigenvalue weighted by atomic mass is 16.4. The Balaban J connectivity index is 2.20. The molecule has 0 spiro atoms. The minimum atomic E-state index is -0.769. The summed E-state index contributed by atoms with van der Waals surface area (Å²) in [6.45, 7) is 6.15. The predicted octanol–water partition coefficient (Wildman–Crippen LogP) is 2.71. The molecule has 0 aliphatic carbocycles. The second-order valence-corrected chi connectivity index (χ2v) is 5.81. The number of carboxylic acids is 1. The maximum Gasteiger partial charge on any atom is 0.317 e. The molecule has 0 bridgehead atoms. The van der Waals surface area contributed by atoms with Crippen LogP contribution in [0.2, 0.25) is 0 Å². The zero-order chi connectivity index (χ0) is 15.0. The van der Waals surface area contributed by atoms with Gasteiger partial charge in [0, 0.05) is 19.6 Å². The maximum absolute atomic E-state index is 12.0. The van der Waals surface area contributed by atoms with Crippen molar-refractivity contribution >= 4 is 12.0 Å². The number of aliphatic carboxylic acids is 1. The Bertz CT molecular complexity index is 320. The first-order valence-electron chi connectivity index (χ1n) is 7.80. The standard InChI is InChI=1S/C15H28N2O3/c1-3-13-7-5-10-17(11-8-13)15(20)16-9-4-6-12(2)14(18)19/h12-13H,3-11H2,1-2H3,(H,16,20)(H,18,19). The van der Waals surface area contributed by atoms with Crippen LogP contribution in [0.4, 0.5) is 4.79 Å². The molecule has 0 aromatic heterocycles. The molecule has 2 atom stereocenters. The molecule has 1 aliphatic rings. The number of carbonyl (C=O) groups excluding carboxylic acids is 1. The molecule has 1 saturated heterocycles. The van der Waals surface area contributed by atoms with Crippen molar-refractivity contribution in [3.8, 4) is 0 Å². The minimum Gasteiger partial charge on any atom is -0.481 e. The molecular weight excluding hydrogens is 256 g/mol. The topological polar surface area (TPSA) is 69.6 Å². The van der Waals surface area contributed by atoms with E-state index in [4.69, 9.17) is 5.11 Å². The van der Waals surface area contributed by atoms with Gasteiger partial charge in [0.15, 0.2) is 0 Å². The Hall–Kier alpha value is -1.26. The number of nitrogens with zero attached hydrogens (tertiary/aromatic N) is 1. The van der Waals surface area contributed by atoms with E-state index < -0.39 is 5.97 Å². The summed E-state index contributed by atoms with van der Waals surface area (Å²) in [6, 6.07) is 0.00438. The second kappa shape index (κ2) is 8.82. The van der Waals surface area contributed by atoms with Crippen LogP contribution in [0.25, 0.3) is 0 Å². The lowest BCUT2D eigenvalue weighted by Gasteiger charge is -2.21. The number of amides is 2. The van der Waals surface area contributed by atoms with E-state index in [9.17, 15) is 9.59 Å². The van der Waals surface area contributed by atoms with Crippen LogP contribution in [0.3, 0.4) is 0 Å². The number of hydrogen-bond acceptors (Lipinski definition) is 2. The lowest BCUT2D eigenvalue weighted by molar-refractivity contribution is -0.141. The molecule has 1 heterocycles. The quantitative estimate of drug-likeness (QED) is 0.737. The Morgan fingerprint density at radius 1 is 1.35 bits per heavy atom. The Morgan fingerprint density at radius 3 is 2.75 bits per heavy atom.